The third-order valence-electron chi connectivity index (χ3n) is 6.26. The highest BCUT2D eigenvalue weighted by Gasteiger charge is 2.30. The number of hydrogen-bond donors (Lipinski definition) is 2. The average Bonchev–Trinajstić information content (AvgIpc) is 2.72. The van der Waals surface area contributed by atoms with E-state index in [1.807, 2.05) is 0 Å². The fraction of sp³-hybridized carbons (Fsp3) is 0.792. The molecule has 0 aliphatic rings. The fourth-order valence-electron chi connectivity index (χ4n) is 3.61. The summed E-state index contributed by atoms with van der Waals surface area (Å²) in [6.45, 7) is 9.70. The Bertz CT molecular complexity index is 515. The van der Waals surface area contributed by atoms with E-state index in [1.54, 1.807) is 20.8 Å². The molecule has 0 aromatic rings. The van der Waals surface area contributed by atoms with Crippen LogP contribution in [-0.2, 0) is 14.4 Å². The lowest BCUT2D eigenvalue weighted by molar-refractivity contribution is -0.929. The molecule has 0 spiro atoms. The number of carbonyl (C=O) groups excluding carboxylic acids is 1. The first-order chi connectivity index (χ1) is 14.5. The van der Waals surface area contributed by atoms with E-state index in [1.165, 1.54) is 0 Å². The van der Waals surface area contributed by atoms with Crippen LogP contribution >= 0.6 is 0 Å². The number of quaternary nitrogens is 1. The van der Waals surface area contributed by atoms with Gasteiger partial charge < -0.3 is 24.6 Å². The first kappa shape index (κ1) is 29.1. The van der Waals surface area contributed by atoms with Gasteiger partial charge in [0.05, 0.1) is 38.0 Å². The quantitative estimate of drug-likeness (QED) is 0.180. The Morgan fingerprint density at radius 2 is 1.26 bits per heavy atom. The third-order valence-corrected chi connectivity index (χ3v) is 6.26. The van der Waals surface area contributed by atoms with Gasteiger partial charge in [0.2, 0.25) is 0 Å². The molecular weight excluding hydrogens is 398 g/mol. The van der Waals surface area contributed by atoms with Gasteiger partial charge in [-0.3, -0.25) is 9.59 Å². The predicted molar refractivity (Wildman–Crippen MR) is 119 cm³/mol. The van der Waals surface area contributed by atoms with Crippen molar-refractivity contribution in [3.05, 3.63) is 12.2 Å². The van der Waals surface area contributed by atoms with Gasteiger partial charge in [0.15, 0.2) is 0 Å². The lowest BCUT2D eigenvalue weighted by atomic mass is 10.0. The van der Waals surface area contributed by atoms with Crippen molar-refractivity contribution in [3.8, 4) is 0 Å². The number of rotatable bonds is 19. The monoisotopic (exact) mass is 441 g/mol. The van der Waals surface area contributed by atoms with Crippen LogP contribution in [0, 0.1) is 17.8 Å². The first-order valence-electron chi connectivity index (χ1n) is 11.7. The molecule has 0 radical (unpaired) electrons. The van der Waals surface area contributed by atoms with E-state index in [-0.39, 0.29) is 0 Å². The third kappa shape index (κ3) is 13.2. The summed E-state index contributed by atoms with van der Waals surface area (Å²) in [5, 5.41) is 29.8. The van der Waals surface area contributed by atoms with Crippen LogP contribution in [0.3, 0.4) is 0 Å². The van der Waals surface area contributed by atoms with Gasteiger partial charge in [-0.25, -0.2) is 0 Å². The molecule has 0 rings (SSSR count). The lowest BCUT2D eigenvalue weighted by Gasteiger charge is -2.41. The summed E-state index contributed by atoms with van der Waals surface area (Å²) in [5.41, 5.74) is 0. The molecule has 7 heteroatoms. The summed E-state index contributed by atoms with van der Waals surface area (Å²) in [7, 11) is 0. The topological polar surface area (TPSA) is 115 Å². The Labute approximate surface area is 187 Å². The number of carbonyl (C=O) groups is 3. The molecule has 0 aliphatic carbocycles. The summed E-state index contributed by atoms with van der Waals surface area (Å²) in [6.07, 6.45) is 10.9. The number of carboxylic acid groups (broad SMARTS) is 3. The minimum absolute atomic E-state index is 0.435. The molecule has 0 amide bonds. The van der Waals surface area contributed by atoms with Crippen molar-refractivity contribution in [2.45, 2.75) is 79.1 Å². The van der Waals surface area contributed by atoms with Crippen LogP contribution in [0.4, 0.5) is 0 Å². The van der Waals surface area contributed by atoms with Crippen LogP contribution in [0.25, 0.3) is 0 Å². The smallest absolute Gasteiger partial charge is 0.306 e. The van der Waals surface area contributed by atoms with Gasteiger partial charge in [-0.2, -0.15) is 0 Å². The van der Waals surface area contributed by atoms with Crippen LogP contribution < -0.4 is 5.11 Å². The Balaban J connectivity index is 5.30. The largest absolute Gasteiger partial charge is 0.550 e. The first-order valence-corrected chi connectivity index (χ1v) is 11.7. The number of allylic oxidation sites excluding steroid dienone is 2. The maximum Gasteiger partial charge on any atom is 0.306 e. The molecule has 2 N–H and O–H groups in total. The number of aliphatic carboxylic acids is 3. The van der Waals surface area contributed by atoms with E-state index >= 15 is 0 Å². The predicted octanol–water partition coefficient (Wildman–Crippen LogP) is 3.33. The Kier molecular flexibility index (Phi) is 14.9. The molecule has 3 unspecified atom stereocenters. The van der Waals surface area contributed by atoms with Crippen LogP contribution in [0.5, 0.6) is 0 Å². The molecule has 0 saturated carbocycles. The number of nitrogens with zero attached hydrogens (tertiary/aromatic N) is 1. The maximum absolute atomic E-state index is 11.3. The zero-order valence-corrected chi connectivity index (χ0v) is 19.8. The van der Waals surface area contributed by atoms with Crippen molar-refractivity contribution in [3.63, 3.8) is 0 Å². The Hall–Kier alpha value is -1.89. The van der Waals surface area contributed by atoms with Crippen LogP contribution in [0.15, 0.2) is 12.2 Å². The lowest BCUT2D eigenvalue weighted by Crippen LogP contribution is -2.52. The zero-order chi connectivity index (χ0) is 23.9. The van der Waals surface area contributed by atoms with Crippen molar-refractivity contribution >= 4 is 17.9 Å². The zero-order valence-electron chi connectivity index (χ0n) is 19.8. The van der Waals surface area contributed by atoms with E-state index in [4.69, 9.17) is 0 Å². The summed E-state index contributed by atoms with van der Waals surface area (Å²) >= 11 is 0. The molecule has 3 atom stereocenters. The molecule has 180 valence electrons. The Morgan fingerprint density at radius 1 is 0.774 bits per heavy atom. The molecule has 0 saturated heterocycles. The molecule has 0 bridgehead atoms. The molecule has 7 nitrogen and oxygen atoms in total. The minimum atomic E-state index is -1.08. The standard InChI is InChI=1S/C24H43NO6/c1-5-6-7-8-9-10-11-15-25(16-12-19(2)22(26)27,17-13-20(3)23(28)29)18-14-21(4)24(30)31/h6-7,19-21H,5,8-18H2,1-4H3,(H2-,26,27,28,29,30,31)/b7-6+. The fourth-order valence-corrected chi connectivity index (χ4v) is 3.61. The highest BCUT2D eigenvalue weighted by Crippen LogP contribution is 2.21. The average molecular weight is 442 g/mol. The molecular formula is C24H43NO6. The summed E-state index contributed by atoms with van der Waals surface area (Å²) < 4.78 is 0.567. The van der Waals surface area contributed by atoms with Gasteiger partial charge >= 0.3 is 11.9 Å². The van der Waals surface area contributed by atoms with E-state index in [9.17, 15) is 29.7 Å². The van der Waals surface area contributed by atoms with E-state index < -0.39 is 35.7 Å². The molecule has 0 aliphatic heterocycles. The minimum Gasteiger partial charge on any atom is -0.550 e. The van der Waals surface area contributed by atoms with Gasteiger partial charge in [-0.1, -0.05) is 39.8 Å². The van der Waals surface area contributed by atoms with E-state index in [0.29, 0.717) is 43.4 Å². The number of hydrogen-bond acceptors (Lipinski definition) is 4. The molecule has 31 heavy (non-hydrogen) atoms. The summed E-state index contributed by atoms with van der Waals surface area (Å²) in [6, 6.07) is 0. The number of carboxylic acids is 3. The van der Waals surface area contributed by atoms with E-state index in [0.717, 1.165) is 38.6 Å². The van der Waals surface area contributed by atoms with Crippen molar-refractivity contribution < 1.29 is 34.2 Å². The van der Waals surface area contributed by atoms with Gasteiger partial charge in [0.1, 0.15) is 0 Å². The van der Waals surface area contributed by atoms with Crippen LogP contribution in [0.2, 0.25) is 0 Å². The molecule has 0 fully saturated rings. The van der Waals surface area contributed by atoms with Gasteiger partial charge in [0, 0.05) is 31.1 Å². The molecule has 0 aromatic heterocycles. The van der Waals surface area contributed by atoms with Crippen molar-refractivity contribution in [1.82, 2.24) is 0 Å². The van der Waals surface area contributed by atoms with Gasteiger partial charge in [0.25, 0.3) is 0 Å². The second-order valence-corrected chi connectivity index (χ2v) is 9.03. The van der Waals surface area contributed by atoms with Crippen molar-refractivity contribution in [2.24, 2.45) is 17.8 Å². The van der Waals surface area contributed by atoms with Crippen LogP contribution in [-0.4, -0.2) is 58.8 Å². The van der Waals surface area contributed by atoms with E-state index in [2.05, 4.69) is 19.1 Å². The summed E-state index contributed by atoms with van der Waals surface area (Å²) in [5.74, 6) is -4.35. The highest BCUT2D eigenvalue weighted by atomic mass is 16.4. The Morgan fingerprint density at radius 3 is 1.68 bits per heavy atom. The van der Waals surface area contributed by atoms with Gasteiger partial charge in [-0.05, 0) is 32.1 Å². The second-order valence-electron chi connectivity index (χ2n) is 9.03. The highest BCUT2D eigenvalue weighted by molar-refractivity contribution is 5.69. The van der Waals surface area contributed by atoms with Crippen LogP contribution in [0.1, 0.15) is 79.1 Å². The second kappa shape index (κ2) is 15.8. The normalized spacial score (nSPS) is 16.5. The maximum atomic E-state index is 11.3. The molecule has 0 heterocycles. The van der Waals surface area contributed by atoms with Gasteiger partial charge in [-0.15, -0.1) is 0 Å². The summed E-state index contributed by atoms with van der Waals surface area (Å²) in [4.78, 5) is 33.9. The van der Waals surface area contributed by atoms with Crippen molar-refractivity contribution in [1.29, 1.82) is 0 Å². The SMILES string of the molecule is CC/C=C/CCCCC[N+](CCC(C)C(=O)[O-])(CCC(C)C(=O)O)CCC(C)C(=O)O. The number of unbranched alkanes of at least 4 members (excludes halogenated alkanes) is 3. The van der Waals surface area contributed by atoms with Crippen molar-refractivity contribution in [2.75, 3.05) is 26.2 Å². The molecule has 0 aromatic carbocycles.